The van der Waals surface area contributed by atoms with E-state index < -0.39 is 0 Å². The number of nitrogens with zero attached hydrogens (tertiary/aromatic N) is 2. The predicted octanol–water partition coefficient (Wildman–Crippen LogP) is 1.75. The van der Waals surface area contributed by atoms with Crippen LogP contribution in [-0.4, -0.2) is 33.8 Å². The summed E-state index contributed by atoms with van der Waals surface area (Å²) in [6.07, 6.45) is 8.75. The van der Waals surface area contributed by atoms with Gasteiger partial charge in [0.05, 0.1) is 28.9 Å². The van der Waals surface area contributed by atoms with Crippen molar-refractivity contribution in [1.82, 2.24) is 14.9 Å². The maximum absolute atomic E-state index is 12.7. The normalized spacial score (nSPS) is 23.4. The Hall–Kier alpha value is -2.08. The summed E-state index contributed by atoms with van der Waals surface area (Å²) in [7, 11) is 0. The standard InChI is InChI=1S/C16H20N4O2/c17-11-4-7-20-13(9-11)12(10-18-20)15(21)19-16(5-2-6-16)14-3-1-8-22-14/h4,7,9-10,14H,1-3,5-6,8,17H2,(H,19,21). The number of nitrogens with one attached hydrogen (secondary N) is 1. The van der Waals surface area contributed by atoms with Crippen LogP contribution in [-0.2, 0) is 4.74 Å². The summed E-state index contributed by atoms with van der Waals surface area (Å²) in [5.74, 6) is -0.0872. The number of fused-ring (bicyclic) bond motifs is 1. The molecule has 0 aromatic carbocycles. The quantitative estimate of drug-likeness (QED) is 0.904. The third kappa shape index (κ3) is 2.06. The topological polar surface area (TPSA) is 81.7 Å². The lowest BCUT2D eigenvalue weighted by molar-refractivity contribution is -0.0106. The molecule has 3 heterocycles. The van der Waals surface area contributed by atoms with Crippen LogP contribution in [0.4, 0.5) is 5.69 Å². The Morgan fingerprint density at radius 3 is 3.00 bits per heavy atom. The Balaban J connectivity index is 1.61. The van der Waals surface area contributed by atoms with Crippen molar-refractivity contribution in [2.45, 2.75) is 43.7 Å². The molecule has 22 heavy (non-hydrogen) atoms. The maximum atomic E-state index is 12.7. The molecule has 2 aromatic heterocycles. The van der Waals surface area contributed by atoms with Gasteiger partial charge in [-0.2, -0.15) is 5.10 Å². The highest BCUT2D eigenvalue weighted by Crippen LogP contribution is 2.40. The van der Waals surface area contributed by atoms with Crippen molar-refractivity contribution in [2.75, 3.05) is 12.3 Å². The van der Waals surface area contributed by atoms with Gasteiger partial charge in [0, 0.05) is 18.5 Å². The third-order valence-corrected chi connectivity index (χ3v) is 4.94. The fourth-order valence-corrected chi connectivity index (χ4v) is 3.56. The third-order valence-electron chi connectivity index (χ3n) is 4.94. The number of pyridine rings is 1. The number of nitrogens with two attached hydrogens (primary N) is 1. The van der Waals surface area contributed by atoms with Crippen LogP contribution in [0.3, 0.4) is 0 Å². The summed E-state index contributed by atoms with van der Waals surface area (Å²) in [6, 6.07) is 3.54. The molecule has 0 bridgehead atoms. The van der Waals surface area contributed by atoms with Crippen molar-refractivity contribution in [1.29, 1.82) is 0 Å². The Morgan fingerprint density at radius 1 is 1.45 bits per heavy atom. The summed E-state index contributed by atoms with van der Waals surface area (Å²) in [6.45, 7) is 0.801. The molecular weight excluding hydrogens is 280 g/mol. The van der Waals surface area contributed by atoms with Crippen LogP contribution in [0.5, 0.6) is 0 Å². The predicted molar refractivity (Wildman–Crippen MR) is 82.6 cm³/mol. The highest BCUT2D eigenvalue weighted by molar-refractivity contribution is 6.01. The highest BCUT2D eigenvalue weighted by Gasteiger charge is 2.47. The first-order valence-electron chi connectivity index (χ1n) is 7.85. The lowest BCUT2D eigenvalue weighted by Gasteiger charge is -2.46. The van der Waals surface area contributed by atoms with Crippen LogP contribution in [0.25, 0.3) is 5.52 Å². The molecular formula is C16H20N4O2. The molecule has 6 nitrogen and oxygen atoms in total. The van der Waals surface area contributed by atoms with Crippen molar-refractivity contribution in [3.8, 4) is 0 Å². The van der Waals surface area contributed by atoms with E-state index in [0.717, 1.165) is 44.2 Å². The van der Waals surface area contributed by atoms with Gasteiger partial charge in [0.1, 0.15) is 0 Å². The average molecular weight is 300 g/mol. The summed E-state index contributed by atoms with van der Waals surface area (Å²) in [4.78, 5) is 12.7. The number of ether oxygens (including phenoxy) is 1. The molecule has 2 aliphatic rings. The molecule has 2 fully saturated rings. The average Bonchev–Trinajstić information content (AvgIpc) is 3.11. The second kappa shape index (κ2) is 4.98. The van der Waals surface area contributed by atoms with Crippen molar-refractivity contribution >= 4 is 17.1 Å². The lowest BCUT2D eigenvalue weighted by atomic mass is 9.71. The molecule has 1 saturated carbocycles. The number of aromatic nitrogens is 2. The van der Waals surface area contributed by atoms with E-state index in [9.17, 15) is 4.79 Å². The number of hydrogen-bond acceptors (Lipinski definition) is 4. The van der Waals surface area contributed by atoms with Gasteiger partial charge >= 0.3 is 0 Å². The van der Waals surface area contributed by atoms with E-state index in [1.165, 1.54) is 0 Å². The molecule has 1 atom stereocenters. The van der Waals surface area contributed by atoms with Gasteiger partial charge in [-0.1, -0.05) is 0 Å². The molecule has 3 N–H and O–H groups in total. The second-order valence-corrected chi connectivity index (χ2v) is 6.31. The van der Waals surface area contributed by atoms with E-state index in [0.29, 0.717) is 11.3 Å². The van der Waals surface area contributed by atoms with Crippen molar-refractivity contribution < 1.29 is 9.53 Å². The van der Waals surface area contributed by atoms with E-state index in [4.69, 9.17) is 10.5 Å². The van der Waals surface area contributed by atoms with Crippen molar-refractivity contribution in [2.24, 2.45) is 0 Å². The van der Waals surface area contributed by atoms with E-state index in [1.807, 2.05) is 0 Å². The number of rotatable bonds is 3. The molecule has 1 aliphatic heterocycles. The first-order valence-corrected chi connectivity index (χ1v) is 7.85. The number of hydrogen-bond donors (Lipinski definition) is 2. The molecule has 1 saturated heterocycles. The first-order chi connectivity index (χ1) is 10.7. The van der Waals surface area contributed by atoms with Crippen LogP contribution in [0.2, 0.25) is 0 Å². The molecule has 0 spiro atoms. The number of amides is 1. The van der Waals surface area contributed by atoms with Gasteiger partial charge in [0.25, 0.3) is 5.91 Å². The lowest BCUT2D eigenvalue weighted by Crippen LogP contribution is -2.60. The van der Waals surface area contributed by atoms with Gasteiger partial charge in [0.2, 0.25) is 0 Å². The maximum Gasteiger partial charge on any atom is 0.255 e. The minimum Gasteiger partial charge on any atom is -0.399 e. The number of carbonyl (C=O) groups excluding carboxylic acids is 1. The minimum absolute atomic E-state index is 0.0872. The molecule has 2 aromatic rings. The Kier molecular flexibility index (Phi) is 3.07. The molecule has 0 radical (unpaired) electrons. The Bertz CT molecular complexity index is 714. The van der Waals surface area contributed by atoms with Gasteiger partial charge in [-0.3, -0.25) is 4.79 Å². The van der Waals surface area contributed by atoms with E-state index >= 15 is 0 Å². The second-order valence-electron chi connectivity index (χ2n) is 6.31. The van der Waals surface area contributed by atoms with Crippen LogP contribution in [0.1, 0.15) is 42.5 Å². The van der Waals surface area contributed by atoms with Crippen molar-refractivity contribution in [3.05, 3.63) is 30.1 Å². The summed E-state index contributed by atoms with van der Waals surface area (Å²) < 4.78 is 7.50. The zero-order valence-electron chi connectivity index (χ0n) is 12.4. The van der Waals surface area contributed by atoms with Gasteiger partial charge in [-0.05, 0) is 44.2 Å². The molecule has 1 amide bonds. The largest absolute Gasteiger partial charge is 0.399 e. The zero-order valence-corrected chi connectivity index (χ0v) is 12.4. The van der Waals surface area contributed by atoms with Crippen LogP contribution in [0.15, 0.2) is 24.5 Å². The van der Waals surface area contributed by atoms with Crippen LogP contribution < -0.4 is 11.1 Å². The van der Waals surface area contributed by atoms with E-state index in [2.05, 4.69) is 10.4 Å². The SMILES string of the molecule is Nc1ccn2ncc(C(=O)NC3(C4CCCO4)CCC3)c2c1. The van der Waals surface area contributed by atoms with E-state index in [1.54, 1.807) is 29.0 Å². The molecule has 4 rings (SSSR count). The van der Waals surface area contributed by atoms with Gasteiger partial charge < -0.3 is 15.8 Å². The van der Waals surface area contributed by atoms with Crippen LogP contribution >= 0.6 is 0 Å². The van der Waals surface area contributed by atoms with Crippen LogP contribution in [0, 0.1) is 0 Å². The first kappa shape index (κ1) is 13.6. The smallest absolute Gasteiger partial charge is 0.255 e. The Labute approximate surface area is 128 Å². The molecule has 6 heteroatoms. The van der Waals surface area contributed by atoms with E-state index in [-0.39, 0.29) is 17.6 Å². The fraction of sp³-hybridized carbons (Fsp3) is 0.500. The zero-order chi connectivity index (χ0) is 15.2. The summed E-state index contributed by atoms with van der Waals surface area (Å²) in [5.41, 5.74) is 7.56. The van der Waals surface area contributed by atoms with Gasteiger partial charge in [-0.25, -0.2) is 4.52 Å². The summed E-state index contributed by atoms with van der Waals surface area (Å²) >= 11 is 0. The van der Waals surface area contributed by atoms with Crippen molar-refractivity contribution in [3.63, 3.8) is 0 Å². The number of anilines is 1. The summed E-state index contributed by atoms with van der Waals surface area (Å²) in [5, 5.41) is 7.45. The minimum atomic E-state index is -0.192. The highest BCUT2D eigenvalue weighted by atomic mass is 16.5. The molecule has 116 valence electrons. The number of nitrogen functional groups attached to an aromatic ring is 1. The fourth-order valence-electron chi connectivity index (χ4n) is 3.56. The van der Waals surface area contributed by atoms with Gasteiger partial charge in [0.15, 0.2) is 0 Å². The number of carbonyl (C=O) groups is 1. The molecule has 1 aliphatic carbocycles. The monoisotopic (exact) mass is 300 g/mol. The Morgan fingerprint density at radius 2 is 2.32 bits per heavy atom. The molecule has 1 unspecified atom stereocenters. The van der Waals surface area contributed by atoms with Gasteiger partial charge in [-0.15, -0.1) is 0 Å².